The van der Waals surface area contributed by atoms with E-state index in [0.29, 0.717) is 6.54 Å². The zero-order valence-corrected chi connectivity index (χ0v) is 16.8. The molecule has 2 heterocycles. The lowest BCUT2D eigenvalue weighted by Crippen LogP contribution is -2.52. The van der Waals surface area contributed by atoms with Gasteiger partial charge in [-0.25, -0.2) is 4.98 Å². The lowest BCUT2D eigenvalue weighted by molar-refractivity contribution is 0.164. The predicted octanol–water partition coefficient (Wildman–Crippen LogP) is 2.28. The number of guanidine groups is 1. The zero-order valence-electron chi connectivity index (χ0n) is 16.8. The molecule has 1 fully saturated rings. The second kappa shape index (κ2) is 9.55. The van der Waals surface area contributed by atoms with Crippen molar-refractivity contribution >= 4 is 5.96 Å². The summed E-state index contributed by atoms with van der Waals surface area (Å²) in [7, 11) is 1.86. The van der Waals surface area contributed by atoms with Crippen LogP contribution in [0.15, 0.2) is 47.7 Å². The van der Waals surface area contributed by atoms with Gasteiger partial charge in [-0.15, -0.1) is 0 Å². The van der Waals surface area contributed by atoms with Crippen LogP contribution in [0, 0.1) is 5.92 Å². The number of hydrogen-bond donors (Lipinski definition) is 1. The van der Waals surface area contributed by atoms with Crippen molar-refractivity contribution in [2.75, 3.05) is 39.8 Å². The fraction of sp³-hybridized carbons (Fsp3) is 0.524. The van der Waals surface area contributed by atoms with Gasteiger partial charge in [-0.2, -0.15) is 0 Å². The molecule has 0 bridgehead atoms. The third kappa shape index (κ3) is 5.57. The molecular formula is C21H32N6. The van der Waals surface area contributed by atoms with E-state index in [-0.39, 0.29) is 0 Å². The van der Waals surface area contributed by atoms with Crippen LogP contribution in [0.5, 0.6) is 0 Å². The minimum Gasteiger partial charge on any atom is -0.349 e. The number of aromatic nitrogens is 2. The maximum atomic E-state index is 4.53. The summed E-state index contributed by atoms with van der Waals surface area (Å²) in [5, 5.41) is 3.50. The fourth-order valence-corrected chi connectivity index (χ4v) is 3.58. The molecule has 0 aliphatic carbocycles. The third-order valence-corrected chi connectivity index (χ3v) is 4.91. The molecule has 1 aliphatic rings. The van der Waals surface area contributed by atoms with E-state index in [0.717, 1.165) is 50.4 Å². The topological polar surface area (TPSA) is 48.7 Å². The molecule has 3 rings (SSSR count). The maximum absolute atomic E-state index is 4.53. The van der Waals surface area contributed by atoms with Crippen LogP contribution in [0.25, 0.3) is 0 Å². The molecule has 0 saturated carbocycles. The van der Waals surface area contributed by atoms with E-state index in [1.165, 1.54) is 12.1 Å². The van der Waals surface area contributed by atoms with Gasteiger partial charge in [0.15, 0.2) is 5.96 Å². The first-order valence-corrected chi connectivity index (χ1v) is 9.87. The second-order valence-corrected chi connectivity index (χ2v) is 7.54. The molecular weight excluding hydrogens is 336 g/mol. The van der Waals surface area contributed by atoms with Crippen LogP contribution in [0.3, 0.4) is 0 Å². The molecule has 146 valence electrons. The number of benzene rings is 1. The SMILES string of the molecule is CN=C(NCc1nccn1Cc1ccccc1)N1CCN(CC(C)C)CC1. The summed E-state index contributed by atoms with van der Waals surface area (Å²) >= 11 is 0. The van der Waals surface area contributed by atoms with Gasteiger partial charge >= 0.3 is 0 Å². The number of nitrogens with one attached hydrogen (secondary N) is 1. The normalized spacial score (nSPS) is 16.1. The third-order valence-electron chi connectivity index (χ3n) is 4.91. The van der Waals surface area contributed by atoms with Crippen molar-refractivity contribution in [3.05, 3.63) is 54.1 Å². The van der Waals surface area contributed by atoms with Gasteiger partial charge in [-0.05, 0) is 11.5 Å². The van der Waals surface area contributed by atoms with Gasteiger partial charge in [0.1, 0.15) is 5.82 Å². The highest BCUT2D eigenvalue weighted by Gasteiger charge is 2.20. The quantitative estimate of drug-likeness (QED) is 0.628. The van der Waals surface area contributed by atoms with Gasteiger partial charge in [0, 0.05) is 58.7 Å². The number of rotatable bonds is 6. The van der Waals surface area contributed by atoms with Crippen molar-refractivity contribution in [2.24, 2.45) is 10.9 Å². The summed E-state index contributed by atoms with van der Waals surface area (Å²) in [4.78, 5) is 13.9. The molecule has 6 nitrogen and oxygen atoms in total. The molecule has 1 aromatic heterocycles. The van der Waals surface area contributed by atoms with E-state index < -0.39 is 0 Å². The summed E-state index contributed by atoms with van der Waals surface area (Å²) in [6.45, 7) is 11.5. The summed E-state index contributed by atoms with van der Waals surface area (Å²) in [6.07, 6.45) is 3.91. The van der Waals surface area contributed by atoms with E-state index in [9.17, 15) is 0 Å². The molecule has 0 radical (unpaired) electrons. The summed E-state index contributed by atoms with van der Waals surface area (Å²) in [5.74, 6) is 2.71. The molecule has 27 heavy (non-hydrogen) atoms. The van der Waals surface area contributed by atoms with Gasteiger partial charge < -0.3 is 14.8 Å². The first-order chi connectivity index (χ1) is 13.2. The van der Waals surface area contributed by atoms with Crippen molar-refractivity contribution in [3.8, 4) is 0 Å². The Morgan fingerprint density at radius 1 is 1.15 bits per heavy atom. The average Bonchev–Trinajstić information content (AvgIpc) is 3.11. The molecule has 2 aromatic rings. The number of nitrogens with zero attached hydrogens (tertiary/aromatic N) is 5. The molecule has 1 saturated heterocycles. The standard InChI is InChI=1S/C21H32N6/c1-18(2)16-25-11-13-26(14-12-25)21(22-3)24-15-20-23-9-10-27(20)17-19-7-5-4-6-8-19/h4-10,18H,11-17H2,1-3H3,(H,22,24). The predicted molar refractivity (Wildman–Crippen MR) is 111 cm³/mol. The van der Waals surface area contributed by atoms with E-state index in [2.05, 4.69) is 67.8 Å². The monoisotopic (exact) mass is 368 g/mol. The Morgan fingerprint density at radius 2 is 1.89 bits per heavy atom. The van der Waals surface area contributed by atoms with Crippen molar-refractivity contribution in [1.29, 1.82) is 0 Å². The minimum absolute atomic E-state index is 0.679. The van der Waals surface area contributed by atoms with Crippen LogP contribution in [-0.2, 0) is 13.1 Å². The Morgan fingerprint density at radius 3 is 2.56 bits per heavy atom. The average molecular weight is 369 g/mol. The van der Waals surface area contributed by atoms with E-state index >= 15 is 0 Å². The lowest BCUT2D eigenvalue weighted by atomic mass is 10.2. The molecule has 1 N–H and O–H groups in total. The fourth-order valence-electron chi connectivity index (χ4n) is 3.58. The Balaban J connectivity index is 1.53. The first-order valence-electron chi connectivity index (χ1n) is 9.87. The summed E-state index contributed by atoms with van der Waals surface area (Å²) in [6, 6.07) is 10.5. The number of piperazine rings is 1. The molecule has 0 unspecified atom stereocenters. The summed E-state index contributed by atoms with van der Waals surface area (Å²) < 4.78 is 2.19. The van der Waals surface area contributed by atoms with Crippen LogP contribution in [0.4, 0.5) is 0 Å². The van der Waals surface area contributed by atoms with Crippen LogP contribution >= 0.6 is 0 Å². The van der Waals surface area contributed by atoms with E-state index in [4.69, 9.17) is 0 Å². The lowest BCUT2D eigenvalue weighted by Gasteiger charge is -2.37. The van der Waals surface area contributed by atoms with Crippen LogP contribution < -0.4 is 5.32 Å². The van der Waals surface area contributed by atoms with Crippen LogP contribution in [-0.4, -0.2) is 65.1 Å². The minimum atomic E-state index is 0.679. The van der Waals surface area contributed by atoms with E-state index in [1.807, 2.05) is 25.5 Å². The van der Waals surface area contributed by atoms with Gasteiger partial charge in [-0.3, -0.25) is 9.89 Å². The smallest absolute Gasteiger partial charge is 0.194 e. The first kappa shape index (κ1) is 19.4. The highest BCUT2D eigenvalue weighted by Crippen LogP contribution is 2.08. The van der Waals surface area contributed by atoms with Crippen molar-refractivity contribution in [2.45, 2.75) is 26.9 Å². The number of aliphatic imine (C=N–C) groups is 1. The molecule has 1 aliphatic heterocycles. The number of hydrogen-bond acceptors (Lipinski definition) is 3. The largest absolute Gasteiger partial charge is 0.349 e. The Hall–Kier alpha value is -2.34. The van der Waals surface area contributed by atoms with Crippen molar-refractivity contribution in [3.63, 3.8) is 0 Å². The molecule has 0 atom stereocenters. The van der Waals surface area contributed by atoms with Gasteiger partial charge in [0.25, 0.3) is 0 Å². The van der Waals surface area contributed by atoms with Crippen molar-refractivity contribution < 1.29 is 0 Å². The summed E-state index contributed by atoms with van der Waals surface area (Å²) in [5.41, 5.74) is 1.28. The zero-order chi connectivity index (χ0) is 19.1. The number of imidazole rings is 1. The Labute approximate surface area is 162 Å². The van der Waals surface area contributed by atoms with Gasteiger partial charge in [0.2, 0.25) is 0 Å². The molecule has 0 spiro atoms. The molecule has 6 heteroatoms. The van der Waals surface area contributed by atoms with Crippen LogP contribution in [0.1, 0.15) is 25.2 Å². The molecule has 1 aromatic carbocycles. The maximum Gasteiger partial charge on any atom is 0.194 e. The van der Waals surface area contributed by atoms with Gasteiger partial charge in [0.05, 0.1) is 6.54 Å². The van der Waals surface area contributed by atoms with Crippen LogP contribution in [0.2, 0.25) is 0 Å². The van der Waals surface area contributed by atoms with Gasteiger partial charge in [-0.1, -0.05) is 44.2 Å². The molecule has 0 amide bonds. The van der Waals surface area contributed by atoms with E-state index in [1.54, 1.807) is 0 Å². The highest BCUT2D eigenvalue weighted by molar-refractivity contribution is 5.79. The highest BCUT2D eigenvalue weighted by atomic mass is 15.3. The Bertz CT molecular complexity index is 713. The second-order valence-electron chi connectivity index (χ2n) is 7.54. The Kier molecular flexibility index (Phi) is 6.87. The van der Waals surface area contributed by atoms with Crippen molar-refractivity contribution in [1.82, 2.24) is 24.7 Å².